The van der Waals surface area contributed by atoms with E-state index in [1.165, 1.54) is 0 Å². The van der Waals surface area contributed by atoms with E-state index in [-0.39, 0.29) is 6.04 Å². The first-order valence-electron chi connectivity index (χ1n) is 6.85. The molecule has 2 rings (SSSR count). The number of aryl methyl sites for hydroxylation is 2. The molecule has 1 atom stereocenters. The molecule has 0 spiro atoms. The van der Waals surface area contributed by atoms with Gasteiger partial charge >= 0.3 is 0 Å². The standard InChI is InChI=1S/C15H22N4O2/c1-5-13-12(9-19(2)18-13)15(17-16)11-8-10(20-3)6-7-14(11)21-4/h6-9,15,17H,5,16H2,1-4H3. The lowest BCUT2D eigenvalue weighted by Crippen LogP contribution is -2.29. The molecule has 0 aliphatic carbocycles. The average molecular weight is 290 g/mol. The Balaban J connectivity index is 2.54. The Morgan fingerprint density at radius 3 is 2.62 bits per heavy atom. The highest BCUT2D eigenvalue weighted by Gasteiger charge is 2.22. The first kappa shape index (κ1) is 15.3. The Morgan fingerprint density at radius 2 is 2.05 bits per heavy atom. The maximum absolute atomic E-state index is 5.80. The van der Waals surface area contributed by atoms with E-state index in [0.29, 0.717) is 0 Å². The summed E-state index contributed by atoms with van der Waals surface area (Å²) in [4.78, 5) is 0. The van der Waals surface area contributed by atoms with Gasteiger partial charge in [-0.15, -0.1) is 0 Å². The monoisotopic (exact) mass is 290 g/mol. The van der Waals surface area contributed by atoms with Gasteiger partial charge < -0.3 is 9.47 Å². The highest BCUT2D eigenvalue weighted by atomic mass is 16.5. The van der Waals surface area contributed by atoms with Gasteiger partial charge in [-0.3, -0.25) is 10.5 Å². The third-order valence-corrected chi connectivity index (χ3v) is 3.50. The highest BCUT2D eigenvalue weighted by Crippen LogP contribution is 2.33. The van der Waals surface area contributed by atoms with Crippen LogP contribution in [0.25, 0.3) is 0 Å². The molecule has 0 aliphatic heterocycles. The molecule has 0 fully saturated rings. The van der Waals surface area contributed by atoms with E-state index in [0.717, 1.165) is 34.7 Å². The maximum Gasteiger partial charge on any atom is 0.124 e. The van der Waals surface area contributed by atoms with Crippen molar-refractivity contribution in [3.05, 3.63) is 41.2 Å². The van der Waals surface area contributed by atoms with Crippen LogP contribution in [0.1, 0.15) is 29.8 Å². The predicted molar refractivity (Wildman–Crippen MR) is 81.3 cm³/mol. The van der Waals surface area contributed by atoms with Gasteiger partial charge in [-0.05, 0) is 24.6 Å². The SMILES string of the molecule is CCc1nn(C)cc1C(NN)c1cc(OC)ccc1OC. The average Bonchev–Trinajstić information content (AvgIpc) is 2.88. The summed E-state index contributed by atoms with van der Waals surface area (Å²) in [6.45, 7) is 2.07. The summed E-state index contributed by atoms with van der Waals surface area (Å²) in [6, 6.07) is 5.45. The van der Waals surface area contributed by atoms with Crippen LogP contribution in [0.4, 0.5) is 0 Å². The molecule has 0 bridgehead atoms. The van der Waals surface area contributed by atoms with Gasteiger partial charge in [0.2, 0.25) is 0 Å². The molecule has 114 valence electrons. The Bertz CT molecular complexity index is 610. The summed E-state index contributed by atoms with van der Waals surface area (Å²) in [5, 5.41) is 4.47. The Kier molecular flexibility index (Phi) is 4.82. The van der Waals surface area contributed by atoms with Crippen molar-refractivity contribution in [1.82, 2.24) is 15.2 Å². The van der Waals surface area contributed by atoms with E-state index in [4.69, 9.17) is 15.3 Å². The second-order valence-corrected chi connectivity index (χ2v) is 4.77. The number of nitrogens with one attached hydrogen (secondary N) is 1. The molecule has 6 heteroatoms. The Labute approximate surface area is 124 Å². The molecular weight excluding hydrogens is 268 g/mol. The molecule has 0 amide bonds. The molecule has 3 N–H and O–H groups in total. The van der Waals surface area contributed by atoms with E-state index < -0.39 is 0 Å². The molecule has 1 aromatic carbocycles. The number of hydrazine groups is 1. The summed E-state index contributed by atoms with van der Waals surface area (Å²) in [7, 11) is 5.18. The van der Waals surface area contributed by atoms with Crippen LogP contribution in [0, 0.1) is 0 Å². The van der Waals surface area contributed by atoms with Crippen LogP contribution in [0.3, 0.4) is 0 Å². The molecule has 0 aliphatic rings. The van der Waals surface area contributed by atoms with Crippen LogP contribution in [0.5, 0.6) is 11.5 Å². The van der Waals surface area contributed by atoms with Crippen molar-refractivity contribution in [2.24, 2.45) is 12.9 Å². The van der Waals surface area contributed by atoms with Gasteiger partial charge in [0.15, 0.2) is 0 Å². The molecule has 0 radical (unpaired) electrons. The van der Waals surface area contributed by atoms with Gasteiger partial charge in [0, 0.05) is 24.4 Å². The summed E-state index contributed by atoms with van der Waals surface area (Å²) in [5.74, 6) is 7.31. The highest BCUT2D eigenvalue weighted by molar-refractivity contribution is 5.46. The molecular formula is C15H22N4O2. The zero-order valence-electron chi connectivity index (χ0n) is 12.9. The van der Waals surface area contributed by atoms with Crippen molar-refractivity contribution in [2.75, 3.05) is 14.2 Å². The first-order valence-corrected chi connectivity index (χ1v) is 6.85. The minimum atomic E-state index is -0.210. The second-order valence-electron chi connectivity index (χ2n) is 4.77. The van der Waals surface area contributed by atoms with Crippen molar-refractivity contribution < 1.29 is 9.47 Å². The van der Waals surface area contributed by atoms with E-state index in [2.05, 4.69) is 17.4 Å². The predicted octanol–water partition coefficient (Wildman–Crippen LogP) is 1.55. The summed E-state index contributed by atoms with van der Waals surface area (Å²) in [5.41, 5.74) is 5.82. The number of aromatic nitrogens is 2. The van der Waals surface area contributed by atoms with Crippen molar-refractivity contribution in [1.29, 1.82) is 0 Å². The number of ether oxygens (including phenoxy) is 2. The maximum atomic E-state index is 5.80. The zero-order chi connectivity index (χ0) is 15.4. The van der Waals surface area contributed by atoms with Gasteiger partial charge in [0.05, 0.1) is 26.0 Å². The van der Waals surface area contributed by atoms with Crippen LogP contribution in [0.15, 0.2) is 24.4 Å². The Hall–Kier alpha value is -2.05. The molecule has 1 heterocycles. The molecule has 6 nitrogen and oxygen atoms in total. The lowest BCUT2D eigenvalue weighted by molar-refractivity contribution is 0.394. The second kappa shape index (κ2) is 6.60. The number of benzene rings is 1. The van der Waals surface area contributed by atoms with E-state index in [9.17, 15) is 0 Å². The van der Waals surface area contributed by atoms with Crippen molar-refractivity contribution in [3.8, 4) is 11.5 Å². The molecule has 21 heavy (non-hydrogen) atoms. The van der Waals surface area contributed by atoms with Crippen molar-refractivity contribution >= 4 is 0 Å². The minimum absolute atomic E-state index is 0.210. The Morgan fingerprint density at radius 1 is 1.29 bits per heavy atom. The van der Waals surface area contributed by atoms with E-state index in [1.54, 1.807) is 18.9 Å². The fourth-order valence-corrected chi connectivity index (χ4v) is 2.48. The number of nitrogens with two attached hydrogens (primary N) is 1. The van der Waals surface area contributed by atoms with Crippen LogP contribution >= 0.6 is 0 Å². The fraction of sp³-hybridized carbons (Fsp3) is 0.400. The van der Waals surface area contributed by atoms with Crippen LogP contribution in [-0.4, -0.2) is 24.0 Å². The third-order valence-electron chi connectivity index (χ3n) is 3.50. The van der Waals surface area contributed by atoms with Crippen LogP contribution < -0.4 is 20.7 Å². The summed E-state index contributed by atoms with van der Waals surface area (Å²) >= 11 is 0. The van der Waals surface area contributed by atoms with Gasteiger partial charge in [-0.2, -0.15) is 5.10 Å². The van der Waals surface area contributed by atoms with Crippen LogP contribution in [-0.2, 0) is 13.5 Å². The summed E-state index contributed by atoms with van der Waals surface area (Å²) in [6.07, 6.45) is 2.81. The molecule has 0 saturated carbocycles. The van der Waals surface area contributed by atoms with Gasteiger partial charge in [-0.1, -0.05) is 6.92 Å². The normalized spacial score (nSPS) is 12.2. The van der Waals surface area contributed by atoms with Crippen LogP contribution in [0.2, 0.25) is 0 Å². The minimum Gasteiger partial charge on any atom is -0.497 e. The zero-order valence-corrected chi connectivity index (χ0v) is 12.9. The number of hydrogen-bond acceptors (Lipinski definition) is 5. The first-order chi connectivity index (χ1) is 10.1. The topological polar surface area (TPSA) is 74.3 Å². The van der Waals surface area contributed by atoms with Crippen molar-refractivity contribution in [3.63, 3.8) is 0 Å². The lowest BCUT2D eigenvalue weighted by atomic mass is 9.97. The number of methoxy groups -OCH3 is 2. The van der Waals surface area contributed by atoms with Gasteiger partial charge in [0.1, 0.15) is 11.5 Å². The fourth-order valence-electron chi connectivity index (χ4n) is 2.48. The number of hydrogen-bond donors (Lipinski definition) is 2. The van der Waals surface area contributed by atoms with Gasteiger partial charge in [-0.25, -0.2) is 5.43 Å². The third kappa shape index (κ3) is 3.01. The molecule has 2 aromatic rings. The molecule has 1 unspecified atom stereocenters. The van der Waals surface area contributed by atoms with E-state index in [1.807, 2.05) is 31.4 Å². The molecule has 1 aromatic heterocycles. The number of rotatable bonds is 6. The largest absolute Gasteiger partial charge is 0.497 e. The summed E-state index contributed by atoms with van der Waals surface area (Å²) < 4.78 is 12.5. The van der Waals surface area contributed by atoms with Crippen molar-refractivity contribution in [2.45, 2.75) is 19.4 Å². The lowest BCUT2D eigenvalue weighted by Gasteiger charge is -2.20. The molecule has 0 saturated heterocycles. The number of nitrogens with zero attached hydrogens (tertiary/aromatic N) is 2. The van der Waals surface area contributed by atoms with Gasteiger partial charge in [0.25, 0.3) is 0 Å². The van der Waals surface area contributed by atoms with E-state index >= 15 is 0 Å². The quantitative estimate of drug-likeness (QED) is 0.624. The smallest absolute Gasteiger partial charge is 0.124 e.